The minimum Gasteiger partial charge on any atom is -0.507 e. The molecule has 1 aliphatic heterocycles. The Kier molecular flexibility index (Phi) is 5.34. The fourth-order valence-corrected chi connectivity index (χ4v) is 4.43. The average molecular weight is 387 g/mol. The van der Waals surface area contributed by atoms with E-state index < -0.39 is 11.6 Å². The zero-order valence-corrected chi connectivity index (χ0v) is 16.4. The number of aliphatic hydroxyl groups excluding tert-OH is 1. The number of benzene rings is 2. The van der Waals surface area contributed by atoms with Crippen molar-refractivity contribution in [2.24, 2.45) is 0 Å². The lowest BCUT2D eigenvalue weighted by atomic mass is 9.74. The van der Waals surface area contributed by atoms with E-state index in [1.807, 2.05) is 24.3 Å². The van der Waals surface area contributed by atoms with E-state index in [1.165, 1.54) is 30.9 Å². The SMILES string of the molecule is O=C(C=C(O)c1ccccc1)C(=O)/C=C1/NC2(CCCCC2)Cc2ccccc21. The Morgan fingerprint density at radius 3 is 2.34 bits per heavy atom. The normalized spacial score (nSPS) is 19.4. The quantitative estimate of drug-likeness (QED) is 0.457. The minimum absolute atomic E-state index is 0.0379. The molecule has 1 spiro atoms. The number of carbonyl (C=O) groups excluding carboxylic acids is 2. The molecule has 2 N–H and O–H groups in total. The maximum atomic E-state index is 12.6. The molecule has 2 aromatic carbocycles. The zero-order chi connectivity index (χ0) is 20.3. The van der Waals surface area contributed by atoms with Gasteiger partial charge in [0.25, 0.3) is 0 Å². The number of ketones is 2. The second-order valence-corrected chi connectivity index (χ2v) is 7.98. The van der Waals surface area contributed by atoms with E-state index in [0.29, 0.717) is 11.3 Å². The van der Waals surface area contributed by atoms with Crippen LogP contribution in [0.2, 0.25) is 0 Å². The van der Waals surface area contributed by atoms with E-state index in [1.54, 1.807) is 24.3 Å². The van der Waals surface area contributed by atoms with Gasteiger partial charge in [0.2, 0.25) is 11.6 Å². The summed E-state index contributed by atoms with van der Waals surface area (Å²) in [6.07, 6.45) is 9.05. The van der Waals surface area contributed by atoms with Crippen molar-refractivity contribution in [1.29, 1.82) is 0 Å². The van der Waals surface area contributed by atoms with Gasteiger partial charge in [-0.15, -0.1) is 0 Å². The molecule has 0 atom stereocenters. The van der Waals surface area contributed by atoms with Crippen molar-refractivity contribution < 1.29 is 14.7 Å². The summed E-state index contributed by atoms with van der Waals surface area (Å²) in [6, 6.07) is 16.8. The second kappa shape index (κ2) is 8.08. The van der Waals surface area contributed by atoms with Crippen molar-refractivity contribution in [2.45, 2.75) is 44.1 Å². The molecular weight excluding hydrogens is 362 g/mol. The molecule has 29 heavy (non-hydrogen) atoms. The number of carbonyl (C=O) groups is 2. The molecule has 1 fully saturated rings. The fourth-order valence-electron chi connectivity index (χ4n) is 4.43. The number of nitrogens with one attached hydrogen (secondary N) is 1. The molecule has 1 heterocycles. The molecule has 2 aromatic rings. The smallest absolute Gasteiger partial charge is 0.229 e. The molecule has 0 aromatic heterocycles. The Labute approximate surface area is 171 Å². The molecule has 148 valence electrons. The van der Waals surface area contributed by atoms with Gasteiger partial charge in [-0.05, 0) is 24.8 Å². The summed E-state index contributed by atoms with van der Waals surface area (Å²) >= 11 is 0. The summed E-state index contributed by atoms with van der Waals surface area (Å²) < 4.78 is 0. The lowest BCUT2D eigenvalue weighted by Crippen LogP contribution is -2.50. The van der Waals surface area contributed by atoms with Gasteiger partial charge >= 0.3 is 0 Å². The van der Waals surface area contributed by atoms with Crippen molar-refractivity contribution in [2.75, 3.05) is 0 Å². The highest BCUT2D eigenvalue weighted by atomic mass is 16.3. The molecule has 0 unspecified atom stereocenters. The first-order chi connectivity index (χ1) is 14.1. The predicted octanol–water partition coefficient (Wildman–Crippen LogP) is 4.61. The second-order valence-electron chi connectivity index (χ2n) is 7.98. The third-order valence-corrected chi connectivity index (χ3v) is 5.90. The van der Waals surface area contributed by atoms with E-state index in [-0.39, 0.29) is 11.3 Å². The highest BCUT2D eigenvalue weighted by Crippen LogP contribution is 2.38. The highest BCUT2D eigenvalue weighted by Gasteiger charge is 2.37. The molecule has 0 bridgehead atoms. The molecule has 1 aliphatic carbocycles. The van der Waals surface area contributed by atoms with Crippen LogP contribution in [0.3, 0.4) is 0 Å². The molecule has 4 heteroatoms. The topological polar surface area (TPSA) is 66.4 Å². The van der Waals surface area contributed by atoms with Gasteiger partial charge in [-0.2, -0.15) is 0 Å². The van der Waals surface area contributed by atoms with E-state index in [0.717, 1.165) is 30.9 Å². The summed E-state index contributed by atoms with van der Waals surface area (Å²) in [7, 11) is 0. The molecule has 4 nitrogen and oxygen atoms in total. The van der Waals surface area contributed by atoms with Gasteiger partial charge in [0.15, 0.2) is 0 Å². The highest BCUT2D eigenvalue weighted by molar-refractivity contribution is 6.47. The van der Waals surface area contributed by atoms with Crippen LogP contribution in [0.1, 0.15) is 48.8 Å². The van der Waals surface area contributed by atoms with Gasteiger partial charge in [-0.3, -0.25) is 9.59 Å². The monoisotopic (exact) mass is 387 g/mol. The van der Waals surface area contributed by atoms with Crippen LogP contribution in [0, 0.1) is 0 Å². The van der Waals surface area contributed by atoms with Crippen molar-refractivity contribution in [1.82, 2.24) is 5.32 Å². The van der Waals surface area contributed by atoms with Gasteiger partial charge < -0.3 is 10.4 Å². The zero-order valence-electron chi connectivity index (χ0n) is 16.4. The maximum Gasteiger partial charge on any atom is 0.229 e. The van der Waals surface area contributed by atoms with Gasteiger partial charge in [0.05, 0.1) is 0 Å². The Morgan fingerprint density at radius 2 is 1.59 bits per heavy atom. The Hall–Kier alpha value is -3.14. The summed E-state index contributed by atoms with van der Waals surface area (Å²) in [6.45, 7) is 0. The first-order valence-corrected chi connectivity index (χ1v) is 10.2. The Bertz CT molecular complexity index is 982. The van der Waals surface area contributed by atoms with Crippen molar-refractivity contribution in [3.05, 3.63) is 83.4 Å². The molecular formula is C25H25NO3. The fraction of sp³-hybridized carbons (Fsp3) is 0.280. The molecule has 1 saturated carbocycles. The molecule has 0 radical (unpaired) electrons. The Morgan fingerprint density at radius 1 is 0.897 bits per heavy atom. The van der Waals surface area contributed by atoms with Crippen molar-refractivity contribution in [3.8, 4) is 0 Å². The molecule has 0 saturated heterocycles. The lowest BCUT2D eigenvalue weighted by Gasteiger charge is -2.44. The molecule has 4 rings (SSSR count). The van der Waals surface area contributed by atoms with Crippen LogP contribution < -0.4 is 5.32 Å². The summed E-state index contributed by atoms with van der Waals surface area (Å²) in [4.78, 5) is 25.1. The third-order valence-electron chi connectivity index (χ3n) is 5.90. The van der Waals surface area contributed by atoms with Crippen LogP contribution in [-0.4, -0.2) is 22.2 Å². The number of hydrogen-bond acceptors (Lipinski definition) is 4. The van der Waals surface area contributed by atoms with Crippen LogP contribution in [0.25, 0.3) is 11.5 Å². The lowest BCUT2D eigenvalue weighted by molar-refractivity contribution is -0.130. The number of allylic oxidation sites excluding steroid dienone is 2. The van der Waals surface area contributed by atoms with E-state index in [9.17, 15) is 14.7 Å². The first kappa shape index (κ1) is 19.2. The van der Waals surface area contributed by atoms with Gasteiger partial charge in [-0.1, -0.05) is 73.9 Å². The summed E-state index contributed by atoms with van der Waals surface area (Å²) in [5.74, 6) is -1.58. The van der Waals surface area contributed by atoms with E-state index in [2.05, 4.69) is 11.4 Å². The van der Waals surface area contributed by atoms with E-state index >= 15 is 0 Å². The average Bonchev–Trinajstić information content (AvgIpc) is 2.74. The van der Waals surface area contributed by atoms with Gasteiger partial charge in [-0.25, -0.2) is 0 Å². The van der Waals surface area contributed by atoms with Crippen LogP contribution >= 0.6 is 0 Å². The maximum absolute atomic E-state index is 12.6. The number of aliphatic hydroxyl groups is 1. The number of fused-ring (bicyclic) bond motifs is 1. The predicted molar refractivity (Wildman–Crippen MR) is 114 cm³/mol. The number of hydrogen-bond donors (Lipinski definition) is 2. The van der Waals surface area contributed by atoms with Crippen molar-refractivity contribution in [3.63, 3.8) is 0 Å². The molecule has 0 amide bonds. The van der Waals surface area contributed by atoms with Gasteiger partial charge in [0.1, 0.15) is 5.76 Å². The van der Waals surface area contributed by atoms with Crippen LogP contribution in [0.4, 0.5) is 0 Å². The Balaban J connectivity index is 1.62. The first-order valence-electron chi connectivity index (χ1n) is 10.2. The standard InChI is InChI=1S/C25H25NO3/c27-22(18-9-3-1-4-10-18)16-24(29)23(28)15-21-20-12-6-5-11-19(20)17-25(26-21)13-7-2-8-14-25/h1,3-6,9-12,15-16,26-27H,2,7-8,13-14,17H2/b21-15+,22-16?. The minimum atomic E-state index is -0.735. The van der Waals surface area contributed by atoms with Crippen LogP contribution in [-0.2, 0) is 16.0 Å². The van der Waals surface area contributed by atoms with Gasteiger partial charge in [0, 0.05) is 34.5 Å². The van der Waals surface area contributed by atoms with E-state index in [4.69, 9.17) is 0 Å². The largest absolute Gasteiger partial charge is 0.507 e. The third kappa shape index (κ3) is 4.16. The van der Waals surface area contributed by atoms with Crippen LogP contribution in [0.15, 0.2) is 66.7 Å². The van der Waals surface area contributed by atoms with Crippen LogP contribution in [0.5, 0.6) is 0 Å². The van der Waals surface area contributed by atoms with Crippen molar-refractivity contribution >= 4 is 23.0 Å². The summed E-state index contributed by atoms with van der Waals surface area (Å²) in [5, 5.41) is 13.8. The number of rotatable bonds is 4. The molecule has 2 aliphatic rings. The summed E-state index contributed by atoms with van der Waals surface area (Å²) in [5.41, 5.74) is 3.36.